The minimum atomic E-state index is -0.316. The summed E-state index contributed by atoms with van der Waals surface area (Å²) >= 11 is 0. The fraction of sp³-hybridized carbons (Fsp3) is 0.571. The lowest BCUT2D eigenvalue weighted by Crippen LogP contribution is -2.44. The number of nitrogens with zero attached hydrogens (tertiary/aromatic N) is 2. The van der Waals surface area contributed by atoms with E-state index in [0.717, 1.165) is 18.9 Å². The molecular formula is C14H21N3O2. The lowest BCUT2D eigenvalue weighted by atomic mass is 10.1. The molecule has 1 fully saturated rings. The highest BCUT2D eigenvalue weighted by molar-refractivity contribution is 5.89. The SMILES string of the molecule is CCOC(=O)c1ccc(N(C)C2CCCNC2)nc1. The number of rotatable bonds is 4. The Morgan fingerprint density at radius 1 is 1.58 bits per heavy atom. The molecule has 0 bridgehead atoms. The van der Waals surface area contributed by atoms with E-state index in [2.05, 4.69) is 15.2 Å². The van der Waals surface area contributed by atoms with Gasteiger partial charge < -0.3 is 15.0 Å². The Hall–Kier alpha value is -1.62. The average molecular weight is 263 g/mol. The van der Waals surface area contributed by atoms with Gasteiger partial charge in [-0.3, -0.25) is 0 Å². The number of carbonyl (C=O) groups is 1. The Labute approximate surface area is 114 Å². The number of aromatic nitrogens is 1. The molecule has 0 aliphatic carbocycles. The van der Waals surface area contributed by atoms with Crippen LogP contribution in [0.15, 0.2) is 18.3 Å². The molecule has 1 N–H and O–H groups in total. The van der Waals surface area contributed by atoms with Crippen LogP contribution in [0.5, 0.6) is 0 Å². The standard InChI is InChI=1S/C14H21N3O2/c1-3-19-14(18)11-6-7-13(16-9-11)17(2)12-5-4-8-15-10-12/h6-7,9,12,15H,3-5,8,10H2,1-2H3. The second-order valence-corrected chi connectivity index (χ2v) is 4.74. The molecule has 5 heteroatoms. The first-order valence-corrected chi connectivity index (χ1v) is 6.79. The first kappa shape index (κ1) is 13.8. The molecule has 1 atom stereocenters. The van der Waals surface area contributed by atoms with Crippen molar-refractivity contribution < 1.29 is 9.53 Å². The Kier molecular flexibility index (Phi) is 4.74. The third-order valence-electron chi connectivity index (χ3n) is 3.44. The molecule has 1 saturated heterocycles. The van der Waals surface area contributed by atoms with Crippen LogP contribution in [0, 0.1) is 0 Å². The molecule has 5 nitrogen and oxygen atoms in total. The van der Waals surface area contributed by atoms with Crippen LogP contribution in [0.25, 0.3) is 0 Å². The van der Waals surface area contributed by atoms with E-state index in [0.29, 0.717) is 18.2 Å². The van der Waals surface area contributed by atoms with Crippen molar-refractivity contribution in [2.75, 3.05) is 31.6 Å². The van der Waals surface area contributed by atoms with Gasteiger partial charge in [-0.1, -0.05) is 0 Å². The summed E-state index contributed by atoms with van der Waals surface area (Å²) in [4.78, 5) is 18.1. The normalized spacial score (nSPS) is 18.9. The van der Waals surface area contributed by atoms with Crippen LogP contribution in [0.2, 0.25) is 0 Å². The van der Waals surface area contributed by atoms with Gasteiger partial charge in [0, 0.05) is 25.8 Å². The first-order valence-electron chi connectivity index (χ1n) is 6.79. The highest BCUT2D eigenvalue weighted by Gasteiger charge is 2.19. The van der Waals surface area contributed by atoms with Gasteiger partial charge in [-0.25, -0.2) is 9.78 Å². The molecule has 0 aromatic carbocycles. The van der Waals surface area contributed by atoms with Crippen molar-refractivity contribution >= 4 is 11.8 Å². The average Bonchev–Trinajstić information content (AvgIpc) is 2.48. The third-order valence-corrected chi connectivity index (χ3v) is 3.44. The van der Waals surface area contributed by atoms with E-state index in [1.165, 1.54) is 12.8 Å². The summed E-state index contributed by atoms with van der Waals surface area (Å²) in [6, 6.07) is 4.11. The zero-order valence-corrected chi connectivity index (χ0v) is 11.6. The summed E-state index contributed by atoms with van der Waals surface area (Å²) in [6.45, 7) is 4.26. The van der Waals surface area contributed by atoms with Gasteiger partial charge in [-0.2, -0.15) is 0 Å². The van der Waals surface area contributed by atoms with Crippen molar-refractivity contribution in [3.8, 4) is 0 Å². The minimum Gasteiger partial charge on any atom is -0.462 e. The molecule has 1 aliphatic heterocycles. The van der Waals surface area contributed by atoms with Gasteiger partial charge in [0.1, 0.15) is 5.82 Å². The summed E-state index contributed by atoms with van der Waals surface area (Å²) in [5.41, 5.74) is 0.501. The zero-order valence-electron chi connectivity index (χ0n) is 11.6. The number of esters is 1. The van der Waals surface area contributed by atoms with E-state index in [1.807, 2.05) is 13.1 Å². The van der Waals surface area contributed by atoms with Crippen LogP contribution in [0.1, 0.15) is 30.1 Å². The molecular weight excluding hydrogens is 242 g/mol. The number of nitrogens with one attached hydrogen (secondary N) is 1. The molecule has 1 aromatic rings. The molecule has 2 heterocycles. The van der Waals surface area contributed by atoms with E-state index < -0.39 is 0 Å². The van der Waals surface area contributed by atoms with Gasteiger partial charge in [0.05, 0.1) is 12.2 Å². The monoisotopic (exact) mass is 263 g/mol. The van der Waals surface area contributed by atoms with Crippen LogP contribution >= 0.6 is 0 Å². The Balaban J connectivity index is 2.02. The van der Waals surface area contributed by atoms with Crippen molar-refractivity contribution in [1.82, 2.24) is 10.3 Å². The molecule has 1 aliphatic rings. The van der Waals surface area contributed by atoms with E-state index in [4.69, 9.17) is 4.74 Å². The third kappa shape index (κ3) is 3.44. The molecule has 0 saturated carbocycles. The maximum absolute atomic E-state index is 11.5. The summed E-state index contributed by atoms with van der Waals surface area (Å²) in [6.07, 6.45) is 3.95. The van der Waals surface area contributed by atoms with Gasteiger partial charge in [0.2, 0.25) is 0 Å². The number of likely N-dealkylation sites (N-methyl/N-ethyl adjacent to an activating group) is 1. The number of anilines is 1. The lowest BCUT2D eigenvalue weighted by Gasteiger charge is -2.32. The number of pyridine rings is 1. The van der Waals surface area contributed by atoms with Gasteiger partial charge >= 0.3 is 5.97 Å². The predicted molar refractivity (Wildman–Crippen MR) is 74.5 cm³/mol. The van der Waals surface area contributed by atoms with Crippen molar-refractivity contribution in [2.45, 2.75) is 25.8 Å². The largest absolute Gasteiger partial charge is 0.462 e. The molecule has 0 spiro atoms. The molecule has 19 heavy (non-hydrogen) atoms. The fourth-order valence-corrected chi connectivity index (χ4v) is 2.28. The smallest absolute Gasteiger partial charge is 0.339 e. The molecule has 0 radical (unpaired) electrons. The second kappa shape index (κ2) is 6.52. The Morgan fingerprint density at radius 2 is 2.42 bits per heavy atom. The van der Waals surface area contributed by atoms with Crippen LogP contribution in [-0.4, -0.2) is 43.7 Å². The maximum Gasteiger partial charge on any atom is 0.339 e. The molecule has 104 valence electrons. The highest BCUT2D eigenvalue weighted by atomic mass is 16.5. The van der Waals surface area contributed by atoms with Gasteiger partial charge in [0.25, 0.3) is 0 Å². The van der Waals surface area contributed by atoms with E-state index in [1.54, 1.807) is 19.2 Å². The van der Waals surface area contributed by atoms with Crippen LogP contribution in [-0.2, 0) is 4.74 Å². The predicted octanol–water partition coefficient (Wildman–Crippen LogP) is 1.45. The number of piperidine rings is 1. The topological polar surface area (TPSA) is 54.5 Å². The van der Waals surface area contributed by atoms with Crippen LogP contribution in [0.4, 0.5) is 5.82 Å². The molecule has 2 rings (SSSR count). The summed E-state index contributed by atoms with van der Waals surface area (Å²) in [5.74, 6) is 0.574. The molecule has 0 amide bonds. The van der Waals surface area contributed by atoms with Crippen LogP contribution in [0.3, 0.4) is 0 Å². The highest BCUT2D eigenvalue weighted by Crippen LogP contribution is 2.17. The van der Waals surface area contributed by atoms with Crippen molar-refractivity contribution in [2.24, 2.45) is 0 Å². The van der Waals surface area contributed by atoms with E-state index >= 15 is 0 Å². The zero-order chi connectivity index (χ0) is 13.7. The van der Waals surface area contributed by atoms with E-state index in [9.17, 15) is 4.79 Å². The molecule has 1 unspecified atom stereocenters. The number of hydrogen-bond donors (Lipinski definition) is 1. The van der Waals surface area contributed by atoms with Crippen LogP contribution < -0.4 is 10.2 Å². The lowest BCUT2D eigenvalue weighted by molar-refractivity contribution is 0.0526. The maximum atomic E-state index is 11.5. The quantitative estimate of drug-likeness (QED) is 0.833. The van der Waals surface area contributed by atoms with E-state index in [-0.39, 0.29) is 5.97 Å². The molecule has 1 aromatic heterocycles. The second-order valence-electron chi connectivity index (χ2n) is 4.74. The van der Waals surface area contributed by atoms with Crippen molar-refractivity contribution in [3.63, 3.8) is 0 Å². The van der Waals surface area contributed by atoms with Gasteiger partial charge in [0.15, 0.2) is 0 Å². The summed E-state index contributed by atoms with van der Waals surface area (Å²) < 4.78 is 4.94. The summed E-state index contributed by atoms with van der Waals surface area (Å²) in [7, 11) is 2.05. The van der Waals surface area contributed by atoms with Gasteiger partial charge in [-0.05, 0) is 38.4 Å². The Morgan fingerprint density at radius 3 is 3.00 bits per heavy atom. The minimum absolute atomic E-state index is 0.316. The van der Waals surface area contributed by atoms with Gasteiger partial charge in [-0.15, -0.1) is 0 Å². The first-order chi connectivity index (χ1) is 9.22. The summed E-state index contributed by atoms with van der Waals surface area (Å²) in [5, 5.41) is 3.39. The number of carbonyl (C=O) groups excluding carboxylic acids is 1. The fourth-order valence-electron chi connectivity index (χ4n) is 2.28. The number of ether oxygens (including phenoxy) is 1. The Bertz CT molecular complexity index is 413. The van der Waals surface area contributed by atoms with Crippen molar-refractivity contribution in [3.05, 3.63) is 23.9 Å². The number of hydrogen-bond acceptors (Lipinski definition) is 5. The van der Waals surface area contributed by atoms with Crippen molar-refractivity contribution in [1.29, 1.82) is 0 Å².